The Morgan fingerprint density at radius 3 is 1.07 bits per heavy atom. The molecular weight excluding hydrogens is 336 g/mol. The average molecular weight is 363 g/mol. The summed E-state index contributed by atoms with van der Waals surface area (Å²) < 4.78 is 0. The zero-order chi connectivity index (χ0) is 21.3. The summed E-state index contributed by atoms with van der Waals surface area (Å²) in [6.45, 7) is 12.8. The van der Waals surface area contributed by atoms with Crippen molar-refractivity contribution in [3.63, 3.8) is 0 Å². The summed E-state index contributed by atoms with van der Waals surface area (Å²) in [6.07, 6.45) is 23.3. The van der Waals surface area contributed by atoms with Crippen molar-refractivity contribution in [2.45, 2.75) is 52.4 Å². The van der Waals surface area contributed by atoms with E-state index >= 15 is 0 Å². The molecule has 0 aromatic heterocycles. The van der Waals surface area contributed by atoms with E-state index in [9.17, 15) is 0 Å². The molecule has 0 heteroatoms. The summed E-state index contributed by atoms with van der Waals surface area (Å²) in [5, 5.41) is 0. The molecule has 0 heterocycles. The zero-order valence-corrected chi connectivity index (χ0v) is 17.6. The topological polar surface area (TPSA) is 0 Å². The fraction of sp³-hybridized carbons (Fsp3) is 0.286. The first-order valence-electron chi connectivity index (χ1n) is 9.21. The number of terminal acetylenes is 4. The van der Waals surface area contributed by atoms with Gasteiger partial charge in [0.25, 0.3) is 0 Å². The summed E-state index contributed by atoms with van der Waals surface area (Å²) >= 11 is 0. The molecule has 0 aliphatic heterocycles. The van der Waals surface area contributed by atoms with Crippen molar-refractivity contribution >= 4 is 0 Å². The van der Waals surface area contributed by atoms with E-state index in [4.69, 9.17) is 25.7 Å². The minimum atomic E-state index is -0.0969. The van der Waals surface area contributed by atoms with Gasteiger partial charge in [-0.15, -0.1) is 25.7 Å². The molecule has 0 amide bonds. The molecule has 0 fully saturated rings. The predicted molar refractivity (Wildman–Crippen MR) is 121 cm³/mol. The van der Waals surface area contributed by atoms with E-state index in [0.717, 1.165) is 22.3 Å². The lowest BCUT2D eigenvalue weighted by Gasteiger charge is -2.25. The summed E-state index contributed by atoms with van der Waals surface area (Å²) in [7, 11) is 0. The summed E-state index contributed by atoms with van der Waals surface area (Å²) in [5.74, 6) is 11.0. The second-order valence-electron chi connectivity index (χ2n) is 8.97. The van der Waals surface area contributed by atoms with Crippen LogP contribution >= 0.6 is 0 Å². The molecule has 2 aromatic rings. The maximum absolute atomic E-state index is 5.87. The average Bonchev–Trinajstić information content (AvgIpc) is 2.63. The van der Waals surface area contributed by atoms with Gasteiger partial charge >= 0.3 is 0 Å². The highest BCUT2D eigenvalue weighted by Crippen LogP contribution is 2.37. The fourth-order valence-corrected chi connectivity index (χ4v) is 3.11. The summed E-state index contributed by atoms with van der Waals surface area (Å²) in [5.41, 5.74) is 6.44. The highest BCUT2D eigenvalue weighted by atomic mass is 14.3. The molecule has 0 aliphatic rings. The maximum Gasteiger partial charge on any atom is 0.0478 e. The molecule has 0 saturated heterocycles. The second-order valence-corrected chi connectivity index (χ2v) is 8.97. The highest BCUT2D eigenvalue weighted by molar-refractivity contribution is 5.82. The maximum atomic E-state index is 5.87. The van der Waals surface area contributed by atoms with Gasteiger partial charge in [0.2, 0.25) is 0 Å². The smallest absolute Gasteiger partial charge is 0.0478 e. The van der Waals surface area contributed by atoms with Gasteiger partial charge in [0.05, 0.1) is 0 Å². The van der Waals surface area contributed by atoms with Crippen molar-refractivity contribution in [2.75, 3.05) is 0 Å². The Morgan fingerprint density at radius 2 is 0.857 bits per heavy atom. The van der Waals surface area contributed by atoms with Crippen molar-refractivity contribution in [3.05, 3.63) is 57.6 Å². The molecule has 0 bridgehead atoms. The molecule has 0 N–H and O–H groups in total. The first-order valence-corrected chi connectivity index (χ1v) is 9.21. The van der Waals surface area contributed by atoms with E-state index in [1.807, 2.05) is 12.1 Å². The summed E-state index contributed by atoms with van der Waals surface area (Å²) in [6, 6.07) is 8.17. The Bertz CT molecular complexity index is 1000. The first-order chi connectivity index (χ1) is 13.0. The molecule has 0 saturated carbocycles. The Balaban J connectivity index is 3.07. The molecule has 0 unspecified atom stereocenters. The quantitative estimate of drug-likeness (QED) is 0.556. The van der Waals surface area contributed by atoms with Crippen LogP contribution < -0.4 is 0 Å². The SMILES string of the molecule is C#Cc1cc(C(C)(C)C)cc(-c2cc(C(C)(C)C)cc(C#C)c2C#C)c1C#C. The molecule has 138 valence electrons. The van der Waals surface area contributed by atoms with Crippen LogP contribution in [0.1, 0.15) is 74.9 Å². The summed E-state index contributed by atoms with van der Waals surface area (Å²) in [4.78, 5) is 0. The minimum absolute atomic E-state index is 0.0969. The molecule has 0 atom stereocenters. The normalized spacial score (nSPS) is 11.1. The lowest BCUT2D eigenvalue weighted by Crippen LogP contribution is -2.14. The van der Waals surface area contributed by atoms with Crippen LogP contribution in [0.5, 0.6) is 0 Å². The lowest BCUT2D eigenvalue weighted by atomic mass is 9.79. The standard InChI is InChI=1S/C28H26/c1-11-19-15-21(27(5,6)7)17-25(23(19)13-3)26-18-22(28(8,9)10)16-20(12-2)24(26)14-4/h1-4,15-18H,5-10H3. The number of rotatable bonds is 1. The van der Waals surface area contributed by atoms with Gasteiger partial charge < -0.3 is 0 Å². The van der Waals surface area contributed by atoms with Crippen LogP contribution in [0.25, 0.3) is 11.1 Å². The third-order valence-electron chi connectivity index (χ3n) is 4.90. The van der Waals surface area contributed by atoms with Crippen LogP contribution in [0.2, 0.25) is 0 Å². The third kappa shape index (κ3) is 3.84. The van der Waals surface area contributed by atoms with Crippen LogP contribution in [-0.4, -0.2) is 0 Å². The van der Waals surface area contributed by atoms with Gasteiger partial charge in [0.15, 0.2) is 0 Å². The molecule has 0 nitrogen and oxygen atoms in total. The van der Waals surface area contributed by atoms with E-state index in [-0.39, 0.29) is 10.8 Å². The van der Waals surface area contributed by atoms with Crippen LogP contribution in [-0.2, 0) is 10.8 Å². The molecule has 0 spiro atoms. The van der Waals surface area contributed by atoms with Gasteiger partial charge in [-0.3, -0.25) is 0 Å². The predicted octanol–water partition coefficient (Wildman–Crippen LogP) is 5.87. The van der Waals surface area contributed by atoms with Crippen molar-refractivity contribution in [2.24, 2.45) is 0 Å². The van der Waals surface area contributed by atoms with E-state index in [1.165, 1.54) is 0 Å². The van der Waals surface area contributed by atoms with Gasteiger partial charge in [0.1, 0.15) is 0 Å². The van der Waals surface area contributed by atoms with Gasteiger partial charge in [-0.1, -0.05) is 65.2 Å². The Kier molecular flexibility index (Phi) is 5.52. The van der Waals surface area contributed by atoms with Gasteiger partial charge in [-0.05, 0) is 46.2 Å². The Labute approximate surface area is 170 Å². The number of hydrogen-bond acceptors (Lipinski definition) is 0. The largest absolute Gasteiger partial charge is 0.115 e. The van der Waals surface area contributed by atoms with E-state index in [0.29, 0.717) is 22.3 Å². The van der Waals surface area contributed by atoms with Gasteiger partial charge in [-0.2, -0.15) is 0 Å². The van der Waals surface area contributed by atoms with E-state index in [2.05, 4.69) is 77.4 Å². The Morgan fingerprint density at radius 1 is 0.536 bits per heavy atom. The molecular formula is C28H26. The number of hydrogen-bond donors (Lipinski definition) is 0. The number of benzene rings is 2. The van der Waals surface area contributed by atoms with E-state index < -0.39 is 0 Å². The van der Waals surface area contributed by atoms with Crippen LogP contribution in [0.15, 0.2) is 24.3 Å². The molecule has 28 heavy (non-hydrogen) atoms. The molecule has 2 rings (SSSR count). The van der Waals surface area contributed by atoms with Crippen molar-refractivity contribution in [1.82, 2.24) is 0 Å². The Hall–Kier alpha value is -3.32. The molecule has 2 aromatic carbocycles. The van der Waals surface area contributed by atoms with Gasteiger partial charge in [0, 0.05) is 33.4 Å². The zero-order valence-electron chi connectivity index (χ0n) is 17.6. The van der Waals surface area contributed by atoms with E-state index in [1.54, 1.807) is 0 Å². The lowest BCUT2D eigenvalue weighted by molar-refractivity contribution is 0.589. The van der Waals surface area contributed by atoms with Crippen molar-refractivity contribution < 1.29 is 0 Å². The van der Waals surface area contributed by atoms with Crippen LogP contribution in [0.3, 0.4) is 0 Å². The van der Waals surface area contributed by atoms with Crippen LogP contribution in [0.4, 0.5) is 0 Å². The van der Waals surface area contributed by atoms with Gasteiger partial charge in [-0.25, -0.2) is 0 Å². The monoisotopic (exact) mass is 362 g/mol. The first kappa shape index (κ1) is 21.0. The molecule has 0 radical (unpaired) electrons. The second kappa shape index (κ2) is 7.36. The van der Waals surface area contributed by atoms with Crippen molar-refractivity contribution in [3.8, 4) is 60.5 Å². The minimum Gasteiger partial charge on any atom is -0.115 e. The highest BCUT2D eigenvalue weighted by Gasteiger charge is 2.23. The molecule has 0 aliphatic carbocycles. The third-order valence-corrected chi connectivity index (χ3v) is 4.90. The van der Waals surface area contributed by atoms with Crippen LogP contribution in [0, 0.1) is 49.4 Å². The fourth-order valence-electron chi connectivity index (χ4n) is 3.11. The van der Waals surface area contributed by atoms with Crippen molar-refractivity contribution in [1.29, 1.82) is 0 Å².